The molecule has 2 heterocycles. The Hall–Kier alpha value is -2.72. The molecule has 0 atom stereocenters. The summed E-state index contributed by atoms with van der Waals surface area (Å²) in [6.45, 7) is -0.380. The van der Waals surface area contributed by atoms with Crippen molar-refractivity contribution in [2.75, 3.05) is 18.2 Å². The van der Waals surface area contributed by atoms with Crippen LogP contribution in [0.25, 0.3) is 5.69 Å². The fourth-order valence-electron chi connectivity index (χ4n) is 2.00. The summed E-state index contributed by atoms with van der Waals surface area (Å²) in [5.41, 5.74) is 1.16. The SMILES string of the molecule is CSc1cccc(NC(=O)COC(=O)c2sccc2-n2cnnn2)c1. The number of aromatic nitrogens is 4. The van der Waals surface area contributed by atoms with Crippen molar-refractivity contribution >= 4 is 40.7 Å². The molecule has 0 radical (unpaired) electrons. The van der Waals surface area contributed by atoms with E-state index in [1.807, 2.05) is 24.5 Å². The highest BCUT2D eigenvalue weighted by atomic mass is 32.2. The molecule has 0 saturated carbocycles. The van der Waals surface area contributed by atoms with E-state index in [2.05, 4.69) is 20.8 Å². The first-order valence-corrected chi connectivity index (χ1v) is 9.19. The third-order valence-corrected chi connectivity index (χ3v) is 4.72. The molecule has 0 fully saturated rings. The molecule has 2 aromatic heterocycles. The van der Waals surface area contributed by atoms with E-state index in [9.17, 15) is 9.59 Å². The van der Waals surface area contributed by atoms with Crippen LogP contribution in [-0.4, -0.2) is 44.9 Å². The van der Waals surface area contributed by atoms with Crippen LogP contribution >= 0.6 is 23.1 Å². The summed E-state index contributed by atoms with van der Waals surface area (Å²) in [6.07, 6.45) is 3.33. The molecule has 0 aliphatic heterocycles. The summed E-state index contributed by atoms with van der Waals surface area (Å²) in [7, 11) is 0. The molecule has 10 heteroatoms. The zero-order valence-corrected chi connectivity index (χ0v) is 14.7. The minimum absolute atomic E-state index is 0.324. The molecule has 0 bridgehead atoms. The van der Waals surface area contributed by atoms with Gasteiger partial charge in [-0.3, -0.25) is 4.79 Å². The molecule has 1 amide bonds. The van der Waals surface area contributed by atoms with Crippen LogP contribution in [0.5, 0.6) is 0 Å². The van der Waals surface area contributed by atoms with E-state index in [1.165, 1.54) is 22.3 Å². The van der Waals surface area contributed by atoms with Crippen LogP contribution in [-0.2, 0) is 9.53 Å². The van der Waals surface area contributed by atoms with E-state index in [4.69, 9.17) is 4.74 Å². The number of carbonyl (C=O) groups is 2. The molecule has 8 nitrogen and oxygen atoms in total. The molecule has 0 aliphatic carbocycles. The summed E-state index contributed by atoms with van der Waals surface area (Å²) in [5.74, 6) is -1.01. The second kappa shape index (κ2) is 7.90. The van der Waals surface area contributed by atoms with E-state index in [-0.39, 0.29) is 6.61 Å². The van der Waals surface area contributed by atoms with E-state index in [1.54, 1.807) is 29.3 Å². The molecule has 128 valence electrons. The number of hydrogen-bond acceptors (Lipinski definition) is 8. The predicted molar refractivity (Wildman–Crippen MR) is 94.2 cm³/mol. The van der Waals surface area contributed by atoms with Gasteiger partial charge in [0, 0.05) is 10.6 Å². The maximum Gasteiger partial charge on any atom is 0.351 e. The summed E-state index contributed by atoms with van der Waals surface area (Å²) in [6, 6.07) is 9.11. The third-order valence-electron chi connectivity index (χ3n) is 3.11. The molecule has 0 aliphatic rings. The van der Waals surface area contributed by atoms with Crippen LogP contribution in [0.2, 0.25) is 0 Å². The van der Waals surface area contributed by atoms with Crippen LogP contribution < -0.4 is 5.32 Å². The number of amides is 1. The summed E-state index contributed by atoms with van der Waals surface area (Å²) in [4.78, 5) is 25.5. The minimum Gasteiger partial charge on any atom is -0.451 e. The standard InChI is InChI=1S/C15H13N5O3S2/c1-24-11-4-2-3-10(7-11)17-13(21)8-23-15(22)14-12(5-6-25-14)20-9-16-18-19-20/h2-7,9H,8H2,1H3,(H,17,21). The van der Waals surface area contributed by atoms with Gasteiger partial charge in [0.05, 0.1) is 5.69 Å². The van der Waals surface area contributed by atoms with Crippen molar-refractivity contribution in [1.82, 2.24) is 20.2 Å². The Morgan fingerprint density at radius 2 is 2.24 bits per heavy atom. The van der Waals surface area contributed by atoms with Gasteiger partial charge in [0.1, 0.15) is 11.2 Å². The topological polar surface area (TPSA) is 99.0 Å². The number of hydrogen-bond donors (Lipinski definition) is 1. The number of ether oxygens (including phenoxy) is 1. The van der Waals surface area contributed by atoms with Crippen molar-refractivity contribution in [3.05, 3.63) is 46.9 Å². The minimum atomic E-state index is -0.603. The van der Waals surface area contributed by atoms with E-state index in [0.717, 1.165) is 4.90 Å². The molecule has 0 spiro atoms. The second-order valence-corrected chi connectivity index (χ2v) is 6.54. The van der Waals surface area contributed by atoms with E-state index < -0.39 is 11.9 Å². The Balaban J connectivity index is 1.59. The number of carbonyl (C=O) groups excluding carboxylic acids is 2. The summed E-state index contributed by atoms with van der Waals surface area (Å²) < 4.78 is 6.45. The quantitative estimate of drug-likeness (QED) is 0.521. The Labute approximate surface area is 151 Å². The maximum absolute atomic E-state index is 12.2. The fourth-order valence-corrected chi connectivity index (χ4v) is 3.23. The van der Waals surface area contributed by atoms with Gasteiger partial charge in [-0.05, 0) is 46.3 Å². The van der Waals surface area contributed by atoms with Crippen LogP contribution in [0, 0.1) is 0 Å². The van der Waals surface area contributed by atoms with Gasteiger partial charge >= 0.3 is 5.97 Å². The van der Waals surface area contributed by atoms with Crippen molar-refractivity contribution in [2.24, 2.45) is 0 Å². The lowest BCUT2D eigenvalue weighted by Crippen LogP contribution is -2.21. The van der Waals surface area contributed by atoms with Crippen molar-refractivity contribution in [3.8, 4) is 5.69 Å². The largest absolute Gasteiger partial charge is 0.451 e. The van der Waals surface area contributed by atoms with Crippen molar-refractivity contribution in [1.29, 1.82) is 0 Å². The normalized spacial score (nSPS) is 10.4. The number of thioether (sulfide) groups is 1. The second-order valence-electron chi connectivity index (χ2n) is 4.75. The number of esters is 1. The molecule has 3 rings (SSSR count). The summed E-state index contributed by atoms with van der Waals surface area (Å²) >= 11 is 2.76. The predicted octanol–water partition coefficient (Wildman–Crippen LogP) is 2.24. The van der Waals surface area contributed by atoms with Crippen molar-refractivity contribution in [3.63, 3.8) is 0 Å². The number of benzene rings is 1. The fraction of sp³-hybridized carbons (Fsp3) is 0.133. The number of nitrogens with zero attached hydrogens (tertiary/aromatic N) is 4. The van der Waals surface area contributed by atoms with Gasteiger partial charge in [0.2, 0.25) is 0 Å². The Morgan fingerprint density at radius 1 is 1.36 bits per heavy atom. The van der Waals surface area contributed by atoms with Gasteiger partial charge in [0.25, 0.3) is 5.91 Å². The zero-order chi connectivity index (χ0) is 17.6. The summed E-state index contributed by atoms with van der Waals surface area (Å²) in [5, 5.41) is 15.2. The number of thiophene rings is 1. The van der Waals surface area contributed by atoms with Crippen LogP contribution in [0.1, 0.15) is 9.67 Å². The number of rotatable bonds is 6. The lowest BCUT2D eigenvalue weighted by atomic mass is 10.3. The highest BCUT2D eigenvalue weighted by Crippen LogP contribution is 2.21. The van der Waals surface area contributed by atoms with Gasteiger partial charge in [-0.25, -0.2) is 4.79 Å². The molecule has 3 aromatic rings. The maximum atomic E-state index is 12.2. The molecule has 0 saturated heterocycles. The highest BCUT2D eigenvalue weighted by molar-refractivity contribution is 7.98. The van der Waals surface area contributed by atoms with Crippen molar-refractivity contribution in [2.45, 2.75) is 4.90 Å². The molecule has 25 heavy (non-hydrogen) atoms. The van der Waals surface area contributed by atoms with E-state index in [0.29, 0.717) is 16.3 Å². The van der Waals surface area contributed by atoms with E-state index >= 15 is 0 Å². The lowest BCUT2D eigenvalue weighted by Gasteiger charge is -2.07. The van der Waals surface area contributed by atoms with Gasteiger partial charge < -0.3 is 10.1 Å². The molecule has 0 unspecified atom stereocenters. The number of tetrazole rings is 1. The average molecular weight is 375 g/mol. The van der Waals surface area contributed by atoms with Crippen LogP contribution in [0.4, 0.5) is 5.69 Å². The molecule has 1 aromatic carbocycles. The van der Waals surface area contributed by atoms with Crippen molar-refractivity contribution < 1.29 is 14.3 Å². The number of anilines is 1. The molecular weight excluding hydrogens is 362 g/mol. The van der Waals surface area contributed by atoms with Gasteiger partial charge in [-0.15, -0.1) is 28.2 Å². The van der Waals surface area contributed by atoms with Gasteiger partial charge in [-0.1, -0.05) is 6.07 Å². The van der Waals surface area contributed by atoms with Crippen LogP contribution in [0.3, 0.4) is 0 Å². The molecule has 1 N–H and O–H groups in total. The molecular formula is C15H13N5O3S2. The highest BCUT2D eigenvalue weighted by Gasteiger charge is 2.18. The Kier molecular flexibility index (Phi) is 5.41. The Bertz CT molecular complexity index is 879. The third kappa shape index (κ3) is 4.22. The smallest absolute Gasteiger partial charge is 0.351 e. The number of nitrogens with one attached hydrogen (secondary N) is 1. The lowest BCUT2D eigenvalue weighted by molar-refractivity contribution is -0.119. The van der Waals surface area contributed by atoms with Crippen LogP contribution in [0.15, 0.2) is 46.9 Å². The Morgan fingerprint density at radius 3 is 3.00 bits per heavy atom. The first-order chi connectivity index (χ1) is 12.2. The first kappa shape index (κ1) is 17.1. The first-order valence-electron chi connectivity index (χ1n) is 7.09. The van der Waals surface area contributed by atoms with Gasteiger partial charge in [0.15, 0.2) is 6.61 Å². The monoisotopic (exact) mass is 375 g/mol. The van der Waals surface area contributed by atoms with Gasteiger partial charge in [-0.2, -0.15) is 4.68 Å². The zero-order valence-electron chi connectivity index (χ0n) is 13.1. The average Bonchev–Trinajstić information content (AvgIpc) is 3.30.